The molecule has 1 aliphatic heterocycles. The maximum Gasteiger partial charge on any atom is 0.411 e. The smallest absolute Gasteiger partial charge is 0.411 e. The predicted molar refractivity (Wildman–Crippen MR) is 109 cm³/mol. The lowest BCUT2D eigenvalue weighted by molar-refractivity contribution is -0.00794. The Labute approximate surface area is 173 Å². The molecule has 1 amide bonds. The van der Waals surface area contributed by atoms with Gasteiger partial charge in [-0.3, -0.25) is 9.88 Å². The van der Waals surface area contributed by atoms with Gasteiger partial charge in [0.05, 0.1) is 28.5 Å². The van der Waals surface area contributed by atoms with Gasteiger partial charge in [0, 0.05) is 6.20 Å². The SMILES string of the molecule is CC(C)(C)OC(=O)N1C(c2ccccn2)CCCC1c1nc(Br)ccc1Cl. The zero-order valence-electron chi connectivity index (χ0n) is 15.7. The number of piperidine rings is 1. The molecule has 2 unspecified atom stereocenters. The average molecular weight is 453 g/mol. The number of hydrogen-bond acceptors (Lipinski definition) is 4. The van der Waals surface area contributed by atoms with Crippen LogP contribution in [-0.2, 0) is 4.74 Å². The molecule has 2 aromatic heterocycles. The molecule has 1 aliphatic rings. The first kappa shape index (κ1) is 20.1. The van der Waals surface area contributed by atoms with Crippen LogP contribution in [0.4, 0.5) is 4.79 Å². The number of amides is 1. The van der Waals surface area contributed by atoms with E-state index in [1.165, 1.54) is 0 Å². The Bertz CT molecular complexity index is 811. The van der Waals surface area contributed by atoms with E-state index in [1.54, 1.807) is 23.2 Å². The average Bonchev–Trinajstić information content (AvgIpc) is 2.62. The fourth-order valence-electron chi connectivity index (χ4n) is 3.37. The molecular formula is C20H23BrClN3O2. The monoisotopic (exact) mass is 451 g/mol. The van der Waals surface area contributed by atoms with E-state index in [4.69, 9.17) is 16.3 Å². The van der Waals surface area contributed by atoms with Crippen molar-refractivity contribution in [3.8, 4) is 0 Å². The van der Waals surface area contributed by atoms with Crippen molar-refractivity contribution in [1.29, 1.82) is 0 Å². The molecular weight excluding hydrogens is 430 g/mol. The van der Waals surface area contributed by atoms with Gasteiger partial charge >= 0.3 is 6.09 Å². The van der Waals surface area contributed by atoms with Crippen molar-refractivity contribution in [3.63, 3.8) is 0 Å². The molecule has 1 saturated heterocycles. The summed E-state index contributed by atoms with van der Waals surface area (Å²) < 4.78 is 6.41. The van der Waals surface area contributed by atoms with Crippen LogP contribution >= 0.6 is 27.5 Å². The summed E-state index contributed by atoms with van der Waals surface area (Å²) in [6, 6.07) is 8.88. The number of pyridine rings is 2. The number of carbonyl (C=O) groups is 1. The largest absolute Gasteiger partial charge is 0.444 e. The van der Waals surface area contributed by atoms with E-state index in [2.05, 4.69) is 25.9 Å². The molecule has 7 heteroatoms. The van der Waals surface area contributed by atoms with Gasteiger partial charge in [0.15, 0.2) is 0 Å². The van der Waals surface area contributed by atoms with Gasteiger partial charge in [-0.1, -0.05) is 17.7 Å². The zero-order chi connectivity index (χ0) is 19.6. The summed E-state index contributed by atoms with van der Waals surface area (Å²) in [5, 5.41) is 0.540. The van der Waals surface area contributed by atoms with E-state index in [1.807, 2.05) is 39.0 Å². The van der Waals surface area contributed by atoms with Crippen molar-refractivity contribution in [2.75, 3.05) is 0 Å². The van der Waals surface area contributed by atoms with Crippen molar-refractivity contribution in [2.24, 2.45) is 0 Å². The molecule has 0 aromatic carbocycles. The van der Waals surface area contributed by atoms with Gasteiger partial charge < -0.3 is 4.74 Å². The normalized spacial score (nSPS) is 20.4. The lowest BCUT2D eigenvalue weighted by atomic mass is 9.91. The zero-order valence-corrected chi connectivity index (χ0v) is 18.0. The van der Waals surface area contributed by atoms with E-state index < -0.39 is 5.60 Å². The Balaban J connectivity index is 2.04. The van der Waals surface area contributed by atoms with Gasteiger partial charge in [0.25, 0.3) is 0 Å². The van der Waals surface area contributed by atoms with E-state index in [0.717, 1.165) is 25.0 Å². The second-order valence-electron chi connectivity index (χ2n) is 7.61. The molecule has 3 rings (SSSR count). The molecule has 1 fully saturated rings. The molecule has 0 N–H and O–H groups in total. The van der Waals surface area contributed by atoms with Gasteiger partial charge in [0.1, 0.15) is 10.2 Å². The molecule has 0 radical (unpaired) electrons. The molecule has 5 nitrogen and oxygen atoms in total. The van der Waals surface area contributed by atoms with Crippen molar-refractivity contribution < 1.29 is 9.53 Å². The minimum absolute atomic E-state index is 0.184. The molecule has 27 heavy (non-hydrogen) atoms. The first-order valence-electron chi connectivity index (χ1n) is 9.00. The summed E-state index contributed by atoms with van der Waals surface area (Å²) in [5.41, 5.74) is 0.930. The topological polar surface area (TPSA) is 55.3 Å². The third-order valence-corrected chi connectivity index (χ3v) is 5.18. The van der Waals surface area contributed by atoms with Crippen LogP contribution in [-0.4, -0.2) is 26.6 Å². The molecule has 0 spiro atoms. The van der Waals surface area contributed by atoms with Crippen molar-refractivity contribution in [3.05, 3.63) is 57.5 Å². The summed E-state index contributed by atoms with van der Waals surface area (Å²) in [5.74, 6) is 0. The number of rotatable bonds is 2. The van der Waals surface area contributed by atoms with Crippen LogP contribution in [0.1, 0.15) is 63.5 Å². The minimum atomic E-state index is -0.595. The van der Waals surface area contributed by atoms with Crippen LogP contribution < -0.4 is 0 Å². The molecule has 3 heterocycles. The van der Waals surface area contributed by atoms with Crippen LogP contribution in [0.15, 0.2) is 41.1 Å². The summed E-state index contributed by atoms with van der Waals surface area (Å²) in [6.07, 6.45) is 3.90. The molecule has 2 atom stereocenters. The Morgan fingerprint density at radius 3 is 2.63 bits per heavy atom. The standard InChI is InChI=1S/C20H23BrClN3O2/c1-20(2,3)27-19(26)25-15(14-7-4-5-12-23-14)8-6-9-16(25)18-13(22)10-11-17(21)24-18/h4-5,7,10-12,15-16H,6,8-9H2,1-3H3. The Morgan fingerprint density at radius 1 is 1.22 bits per heavy atom. The first-order valence-corrected chi connectivity index (χ1v) is 10.2. The highest BCUT2D eigenvalue weighted by atomic mass is 79.9. The number of hydrogen-bond donors (Lipinski definition) is 0. The van der Waals surface area contributed by atoms with E-state index in [0.29, 0.717) is 15.3 Å². The van der Waals surface area contributed by atoms with Gasteiger partial charge in [-0.05, 0) is 80.2 Å². The van der Waals surface area contributed by atoms with E-state index in [-0.39, 0.29) is 18.2 Å². The van der Waals surface area contributed by atoms with Crippen LogP contribution in [0.5, 0.6) is 0 Å². The Kier molecular flexibility index (Phi) is 6.06. The highest BCUT2D eigenvalue weighted by molar-refractivity contribution is 9.10. The van der Waals surface area contributed by atoms with Crippen LogP contribution in [0, 0.1) is 0 Å². The molecule has 144 valence electrons. The molecule has 0 bridgehead atoms. The van der Waals surface area contributed by atoms with E-state index in [9.17, 15) is 4.79 Å². The number of carbonyl (C=O) groups excluding carboxylic acids is 1. The Morgan fingerprint density at radius 2 is 1.96 bits per heavy atom. The summed E-state index contributed by atoms with van der Waals surface area (Å²) in [7, 11) is 0. The maximum absolute atomic E-state index is 13.2. The third-order valence-electron chi connectivity index (χ3n) is 4.41. The fourth-order valence-corrected chi connectivity index (χ4v) is 3.92. The molecule has 0 saturated carbocycles. The van der Waals surface area contributed by atoms with Crippen molar-refractivity contribution >= 4 is 33.6 Å². The fraction of sp³-hybridized carbons (Fsp3) is 0.450. The lowest BCUT2D eigenvalue weighted by Gasteiger charge is -2.42. The number of halogens is 2. The third kappa shape index (κ3) is 4.79. The summed E-state index contributed by atoms with van der Waals surface area (Å²) >= 11 is 9.86. The molecule has 0 aliphatic carbocycles. The van der Waals surface area contributed by atoms with Crippen molar-refractivity contribution in [1.82, 2.24) is 14.9 Å². The summed E-state index contributed by atoms with van der Waals surface area (Å²) in [4.78, 5) is 24.0. The Hall–Kier alpha value is -1.66. The molecule has 2 aromatic rings. The number of likely N-dealkylation sites (tertiary alicyclic amines) is 1. The second kappa shape index (κ2) is 8.15. The second-order valence-corrected chi connectivity index (χ2v) is 8.83. The quantitative estimate of drug-likeness (QED) is 0.517. The highest BCUT2D eigenvalue weighted by Gasteiger charge is 2.40. The van der Waals surface area contributed by atoms with Crippen LogP contribution in [0.25, 0.3) is 0 Å². The van der Waals surface area contributed by atoms with Gasteiger partial charge in [-0.2, -0.15) is 0 Å². The highest BCUT2D eigenvalue weighted by Crippen LogP contribution is 2.43. The minimum Gasteiger partial charge on any atom is -0.444 e. The summed E-state index contributed by atoms with van der Waals surface area (Å²) in [6.45, 7) is 5.60. The van der Waals surface area contributed by atoms with Gasteiger partial charge in [-0.15, -0.1) is 0 Å². The number of aromatic nitrogens is 2. The lowest BCUT2D eigenvalue weighted by Crippen LogP contribution is -2.44. The van der Waals surface area contributed by atoms with Crippen molar-refractivity contribution in [2.45, 2.75) is 57.7 Å². The number of nitrogens with zero attached hydrogens (tertiary/aromatic N) is 3. The van der Waals surface area contributed by atoms with Crippen LogP contribution in [0.3, 0.4) is 0 Å². The number of ether oxygens (including phenoxy) is 1. The van der Waals surface area contributed by atoms with Gasteiger partial charge in [-0.25, -0.2) is 9.78 Å². The maximum atomic E-state index is 13.2. The van der Waals surface area contributed by atoms with Gasteiger partial charge in [0.2, 0.25) is 0 Å². The van der Waals surface area contributed by atoms with Crippen LogP contribution in [0.2, 0.25) is 5.02 Å². The van der Waals surface area contributed by atoms with E-state index >= 15 is 0 Å². The predicted octanol–water partition coefficient (Wildman–Crippen LogP) is 6.10. The first-order chi connectivity index (χ1) is 12.8.